The van der Waals surface area contributed by atoms with Crippen LogP contribution in [0.15, 0.2) is 59.5 Å². The largest absolute Gasteiger partial charge is 0.443 e. The topological polar surface area (TPSA) is 135 Å². The molecule has 0 aliphatic carbocycles. The summed E-state index contributed by atoms with van der Waals surface area (Å²) in [7, 11) is -3.92. The summed E-state index contributed by atoms with van der Waals surface area (Å²) in [5.41, 5.74) is 1.58. The Bertz CT molecular complexity index is 1410. The number of amides is 2. The molecule has 5 rings (SSSR count). The fourth-order valence-electron chi connectivity index (χ4n) is 6.55. The van der Waals surface area contributed by atoms with Crippen molar-refractivity contribution in [1.82, 2.24) is 14.5 Å². The zero-order chi connectivity index (χ0) is 32.8. The van der Waals surface area contributed by atoms with Crippen molar-refractivity contribution in [3.05, 3.63) is 65.7 Å². The van der Waals surface area contributed by atoms with E-state index in [1.54, 1.807) is 36.4 Å². The Kier molecular flexibility index (Phi) is 11.4. The number of nitrogens with one attached hydrogen (secondary N) is 1. The van der Waals surface area contributed by atoms with Gasteiger partial charge in [0.1, 0.15) is 6.10 Å². The van der Waals surface area contributed by atoms with Gasteiger partial charge < -0.3 is 29.5 Å². The van der Waals surface area contributed by atoms with Gasteiger partial charge in [-0.05, 0) is 68.7 Å². The van der Waals surface area contributed by atoms with E-state index in [0.717, 1.165) is 12.0 Å². The van der Waals surface area contributed by atoms with Gasteiger partial charge in [-0.2, -0.15) is 4.31 Å². The number of sulfonamides is 1. The zero-order valence-corrected chi connectivity index (χ0v) is 27.7. The van der Waals surface area contributed by atoms with Crippen LogP contribution in [0.2, 0.25) is 0 Å². The smallest absolute Gasteiger partial charge is 0.407 e. The number of likely N-dealkylation sites (tertiary alicyclic amines) is 1. The van der Waals surface area contributed by atoms with Crippen LogP contribution in [-0.4, -0.2) is 98.7 Å². The summed E-state index contributed by atoms with van der Waals surface area (Å²) in [6.45, 7) is 7.62. The van der Waals surface area contributed by atoms with Crippen molar-refractivity contribution in [3.63, 3.8) is 0 Å². The fraction of sp³-hybridized carbons (Fsp3) is 0.588. The molecule has 0 spiro atoms. The molecule has 252 valence electrons. The number of piperidine rings is 1. The predicted octanol–water partition coefficient (Wildman–Crippen LogP) is 3.80. The average molecular weight is 658 g/mol. The zero-order valence-electron chi connectivity index (χ0n) is 26.9. The lowest BCUT2D eigenvalue weighted by molar-refractivity contribution is -0.0907. The number of hydrogen-bond donors (Lipinski definition) is 2. The number of alkyl carbamates (subject to hydrolysis) is 1. The number of hydrogen-bond acceptors (Lipinski definition) is 8. The van der Waals surface area contributed by atoms with Gasteiger partial charge in [-0.1, -0.05) is 49.7 Å². The van der Waals surface area contributed by atoms with Crippen molar-refractivity contribution in [3.8, 4) is 0 Å². The first-order chi connectivity index (χ1) is 22.0. The second kappa shape index (κ2) is 15.2. The van der Waals surface area contributed by atoms with Crippen LogP contribution >= 0.6 is 0 Å². The lowest BCUT2D eigenvalue weighted by atomic mass is 9.88. The number of aliphatic hydroxyl groups is 1. The van der Waals surface area contributed by atoms with Crippen molar-refractivity contribution < 1.29 is 37.3 Å². The van der Waals surface area contributed by atoms with Crippen molar-refractivity contribution in [2.24, 2.45) is 17.8 Å². The summed E-state index contributed by atoms with van der Waals surface area (Å²) < 4.78 is 45.7. The Morgan fingerprint density at radius 1 is 1.02 bits per heavy atom. The van der Waals surface area contributed by atoms with E-state index in [0.29, 0.717) is 44.5 Å². The van der Waals surface area contributed by atoms with E-state index >= 15 is 0 Å². The van der Waals surface area contributed by atoms with E-state index in [9.17, 15) is 23.1 Å². The van der Waals surface area contributed by atoms with Gasteiger partial charge >= 0.3 is 6.09 Å². The molecule has 3 saturated heterocycles. The van der Waals surface area contributed by atoms with Gasteiger partial charge in [-0.3, -0.25) is 4.79 Å². The minimum Gasteiger partial charge on any atom is -0.443 e. The third-order valence-corrected chi connectivity index (χ3v) is 11.0. The van der Waals surface area contributed by atoms with E-state index in [4.69, 9.17) is 14.2 Å². The lowest BCUT2D eigenvalue weighted by Crippen LogP contribution is -2.52. The summed E-state index contributed by atoms with van der Waals surface area (Å²) in [6.07, 6.45) is -0.218. The summed E-state index contributed by atoms with van der Waals surface area (Å²) in [5.74, 6) is 0.0337. The van der Waals surface area contributed by atoms with Crippen LogP contribution in [0.4, 0.5) is 4.79 Å². The Balaban J connectivity index is 1.28. The molecule has 2 N–H and O–H groups in total. The Morgan fingerprint density at radius 2 is 1.72 bits per heavy atom. The number of rotatable bonds is 12. The number of aliphatic hydroxyl groups excluding tert-OH is 1. The first-order valence-electron chi connectivity index (χ1n) is 16.3. The van der Waals surface area contributed by atoms with Crippen molar-refractivity contribution in [2.45, 2.75) is 75.9 Å². The average Bonchev–Trinajstić information content (AvgIpc) is 3.66. The molecule has 0 radical (unpaired) electrons. The monoisotopic (exact) mass is 657 g/mol. The third kappa shape index (κ3) is 8.46. The molecule has 2 aromatic carbocycles. The van der Waals surface area contributed by atoms with Crippen molar-refractivity contribution in [1.29, 1.82) is 0 Å². The minimum atomic E-state index is -3.92. The molecule has 0 bridgehead atoms. The lowest BCUT2D eigenvalue weighted by Gasteiger charge is -2.36. The van der Waals surface area contributed by atoms with Gasteiger partial charge in [0.05, 0.1) is 36.2 Å². The molecule has 2 aromatic rings. The third-order valence-electron chi connectivity index (χ3n) is 9.14. The molecule has 3 heterocycles. The molecule has 0 saturated carbocycles. The molecule has 12 heteroatoms. The van der Waals surface area contributed by atoms with Gasteiger partial charge in [0.2, 0.25) is 10.0 Å². The molecule has 2 amide bonds. The van der Waals surface area contributed by atoms with Crippen LogP contribution in [0.25, 0.3) is 0 Å². The second-order valence-corrected chi connectivity index (χ2v) is 15.1. The van der Waals surface area contributed by atoms with E-state index in [2.05, 4.69) is 5.32 Å². The maximum Gasteiger partial charge on any atom is 0.407 e. The Morgan fingerprint density at radius 3 is 2.39 bits per heavy atom. The van der Waals surface area contributed by atoms with Crippen LogP contribution in [0.3, 0.4) is 0 Å². The minimum absolute atomic E-state index is 0.000722. The summed E-state index contributed by atoms with van der Waals surface area (Å²) >= 11 is 0. The van der Waals surface area contributed by atoms with Crippen LogP contribution in [0, 0.1) is 24.7 Å². The van der Waals surface area contributed by atoms with Gasteiger partial charge in [-0.15, -0.1) is 0 Å². The number of aryl methyl sites for hydroxylation is 1. The molecule has 3 fully saturated rings. The first-order valence-corrected chi connectivity index (χ1v) is 17.7. The highest BCUT2D eigenvalue weighted by molar-refractivity contribution is 7.89. The SMILES string of the molecule is Cc1ccc(S(=O)(=O)N(CC(C)C)C[C@@H](O)[C@H](CC2CCN(C(=O)c3ccccc3)CC2)NC(=O)OC2CO[C@H]3OCCC23)cc1. The number of benzene rings is 2. The van der Waals surface area contributed by atoms with Crippen LogP contribution in [0.1, 0.15) is 55.5 Å². The molecule has 3 aliphatic rings. The van der Waals surface area contributed by atoms with Crippen LogP contribution in [0.5, 0.6) is 0 Å². The van der Waals surface area contributed by atoms with Crippen molar-refractivity contribution >= 4 is 22.0 Å². The van der Waals surface area contributed by atoms with Gasteiger partial charge in [0.25, 0.3) is 5.91 Å². The molecule has 3 aliphatic heterocycles. The maximum absolute atomic E-state index is 13.7. The van der Waals surface area contributed by atoms with E-state index in [1.165, 1.54) is 4.31 Å². The highest BCUT2D eigenvalue weighted by Crippen LogP contribution is 2.33. The molecular weight excluding hydrogens is 610 g/mol. The van der Waals surface area contributed by atoms with E-state index in [1.807, 2.05) is 43.9 Å². The summed E-state index contributed by atoms with van der Waals surface area (Å²) in [4.78, 5) is 28.2. The second-order valence-electron chi connectivity index (χ2n) is 13.2. The van der Waals surface area contributed by atoms with Crippen molar-refractivity contribution in [2.75, 3.05) is 39.4 Å². The Labute approximate surface area is 272 Å². The number of carbonyl (C=O) groups excluding carboxylic acids is 2. The molecule has 5 atom stereocenters. The number of nitrogens with zero attached hydrogens (tertiary/aromatic N) is 2. The summed E-state index contributed by atoms with van der Waals surface area (Å²) in [6, 6.07) is 15.0. The number of ether oxygens (including phenoxy) is 3. The van der Waals surface area contributed by atoms with E-state index < -0.39 is 34.4 Å². The highest BCUT2D eigenvalue weighted by atomic mass is 32.2. The van der Waals surface area contributed by atoms with Gasteiger partial charge in [-0.25, -0.2) is 13.2 Å². The standard InChI is InChI=1S/C34H47N3O8S/c1-23(2)20-37(46(41,42)27-11-9-24(3)10-12-27)21-30(38)29(35-34(40)45-31-22-44-33-28(31)15-18-43-33)19-25-13-16-36(17-14-25)32(39)26-7-5-4-6-8-26/h4-12,23,25,28-31,33,38H,13-22H2,1-3H3,(H,35,40)/t28?,29-,30+,31?,33+/m0/s1. The highest BCUT2D eigenvalue weighted by Gasteiger charge is 2.44. The van der Waals surface area contributed by atoms with Crippen LogP contribution < -0.4 is 5.32 Å². The molecule has 46 heavy (non-hydrogen) atoms. The Hall–Kier alpha value is -3.03. The van der Waals surface area contributed by atoms with Crippen LogP contribution in [-0.2, 0) is 24.2 Å². The van der Waals surface area contributed by atoms with E-state index in [-0.39, 0.29) is 54.5 Å². The normalized spacial score (nSPS) is 23.3. The number of fused-ring (bicyclic) bond motifs is 1. The molecule has 2 unspecified atom stereocenters. The van der Waals surface area contributed by atoms with Gasteiger partial charge in [0, 0.05) is 31.7 Å². The van der Waals surface area contributed by atoms with Gasteiger partial charge in [0.15, 0.2) is 6.29 Å². The predicted molar refractivity (Wildman–Crippen MR) is 171 cm³/mol. The first kappa shape index (κ1) is 34.3. The molecule has 11 nitrogen and oxygen atoms in total. The quantitative estimate of drug-likeness (QED) is 0.352. The molecule has 0 aromatic heterocycles. The summed E-state index contributed by atoms with van der Waals surface area (Å²) in [5, 5.41) is 14.5. The fourth-order valence-corrected chi connectivity index (χ4v) is 8.17. The molecular formula is C34H47N3O8S. The maximum atomic E-state index is 13.7. The number of carbonyl (C=O) groups is 2.